The van der Waals surface area contributed by atoms with E-state index >= 15 is 0 Å². The van der Waals surface area contributed by atoms with E-state index in [1.54, 1.807) is 0 Å². The van der Waals surface area contributed by atoms with Gasteiger partial charge in [0.25, 0.3) is 5.91 Å². The molecule has 0 aromatic heterocycles. The lowest BCUT2D eigenvalue weighted by molar-refractivity contribution is -0.156. The number of carbonyl (C=O) groups excluding carboxylic acids is 2. The van der Waals surface area contributed by atoms with E-state index in [1.165, 1.54) is 6.92 Å². The summed E-state index contributed by atoms with van der Waals surface area (Å²) in [5, 5.41) is 0. The van der Waals surface area contributed by atoms with Crippen LogP contribution in [0, 0.1) is 5.92 Å². The molecule has 0 radical (unpaired) electrons. The largest absolute Gasteiger partial charge is 0.452 e. The van der Waals surface area contributed by atoms with Crippen LogP contribution in [-0.2, 0) is 14.3 Å². The molecular formula is C15H21NO3. The number of amides is 1. The number of benzene rings is 1. The van der Waals surface area contributed by atoms with Crippen molar-refractivity contribution in [1.29, 1.82) is 0 Å². The van der Waals surface area contributed by atoms with Gasteiger partial charge in [-0.05, 0) is 18.4 Å². The summed E-state index contributed by atoms with van der Waals surface area (Å²) in [7, 11) is 0. The Labute approximate surface area is 113 Å². The lowest BCUT2D eigenvalue weighted by Gasteiger charge is -2.23. The van der Waals surface area contributed by atoms with E-state index in [9.17, 15) is 9.59 Å². The lowest BCUT2D eigenvalue weighted by atomic mass is 9.85. The van der Waals surface area contributed by atoms with Crippen LogP contribution >= 0.6 is 0 Å². The molecule has 3 atom stereocenters. The molecule has 2 N–H and O–H groups in total. The van der Waals surface area contributed by atoms with Crippen molar-refractivity contribution in [2.75, 3.05) is 0 Å². The highest BCUT2D eigenvalue weighted by molar-refractivity contribution is 5.84. The second kappa shape index (κ2) is 6.92. The maximum Gasteiger partial charge on any atom is 0.314 e. The van der Waals surface area contributed by atoms with Crippen molar-refractivity contribution >= 4 is 11.9 Å². The van der Waals surface area contributed by atoms with E-state index in [0.29, 0.717) is 0 Å². The van der Waals surface area contributed by atoms with Gasteiger partial charge in [0.05, 0.1) is 5.92 Å². The Morgan fingerprint density at radius 2 is 1.79 bits per heavy atom. The van der Waals surface area contributed by atoms with Crippen LogP contribution in [0.15, 0.2) is 30.3 Å². The summed E-state index contributed by atoms with van der Waals surface area (Å²) in [6.45, 7) is 5.50. The number of hydrogen-bond acceptors (Lipinski definition) is 3. The average molecular weight is 263 g/mol. The van der Waals surface area contributed by atoms with Gasteiger partial charge >= 0.3 is 5.97 Å². The van der Waals surface area contributed by atoms with E-state index in [4.69, 9.17) is 10.5 Å². The fraction of sp³-hybridized carbons (Fsp3) is 0.467. The minimum atomic E-state index is -0.900. The van der Waals surface area contributed by atoms with Gasteiger partial charge in [-0.2, -0.15) is 0 Å². The summed E-state index contributed by atoms with van der Waals surface area (Å²) in [5.74, 6) is -1.26. The normalized spacial score (nSPS) is 15.3. The van der Waals surface area contributed by atoms with Gasteiger partial charge in [-0.15, -0.1) is 0 Å². The number of nitrogens with two attached hydrogens (primary N) is 1. The monoisotopic (exact) mass is 263 g/mol. The van der Waals surface area contributed by atoms with Crippen molar-refractivity contribution in [3.63, 3.8) is 0 Å². The molecule has 4 nitrogen and oxygen atoms in total. The molecule has 19 heavy (non-hydrogen) atoms. The first-order valence-electron chi connectivity index (χ1n) is 6.52. The Hall–Kier alpha value is -1.84. The number of hydrogen-bond donors (Lipinski definition) is 1. The zero-order chi connectivity index (χ0) is 14.4. The van der Waals surface area contributed by atoms with Crippen molar-refractivity contribution in [2.45, 2.75) is 39.2 Å². The topological polar surface area (TPSA) is 69.4 Å². The summed E-state index contributed by atoms with van der Waals surface area (Å²) in [5.41, 5.74) is 6.02. The third-order valence-corrected chi connectivity index (χ3v) is 3.32. The quantitative estimate of drug-likeness (QED) is 0.800. The Kier molecular flexibility index (Phi) is 5.55. The molecule has 0 unspecified atom stereocenters. The first-order valence-corrected chi connectivity index (χ1v) is 6.52. The molecule has 0 saturated carbocycles. The molecule has 0 aliphatic heterocycles. The fourth-order valence-corrected chi connectivity index (χ4v) is 1.90. The first-order chi connectivity index (χ1) is 8.97. The van der Waals surface area contributed by atoms with Gasteiger partial charge in [0.15, 0.2) is 6.10 Å². The van der Waals surface area contributed by atoms with Crippen LogP contribution < -0.4 is 5.73 Å². The van der Waals surface area contributed by atoms with Gasteiger partial charge in [-0.25, -0.2) is 0 Å². The van der Waals surface area contributed by atoms with Crippen LogP contribution in [-0.4, -0.2) is 18.0 Å². The number of esters is 1. The van der Waals surface area contributed by atoms with Crippen LogP contribution in [0.5, 0.6) is 0 Å². The van der Waals surface area contributed by atoms with Crippen molar-refractivity contribution in [3.8, 4) is 0 Å². The third kappa shape index (κ3) is 4.09. The molecule has 0 fully saturated rings. The smallest absolute Gasteiger partial charge is 0.314 e. The molecule has 0 spiro atoms. The first kappa shape index (κ1) is 15.2. The average Bonchev–Trinajstić information content (AvgIpc) is 2.39. The van der Waals surface area contributed by atoms with Crippen LogP contribution in [0.4, 0.5) is 0 Å². The van der Waals surface area contributed by atoms with Crippen molar-refractivity contribution in [3.05, 3.63) is 35.9 Å². The summed E-state index contributed by atoms with van der Waals surface area (Å²) in [6, 6.07) is 9.46. The molecule has 0 aliphatic rings. The van der Waals surface area contributed by atoms with E-state index in [2.05, 4.69) is 0 Å². The van der Waals surface area contributed by atoms with Gasteiger partial charge in [0, 0.05) is 0 Å². The molecule has 0 saturated heterocycles. The van der Waals surface area contributed by atoms with Gasteiger partial charge in [-0.3, -0.25) is 9.59 Å². The molecule has 1 rings (SSSR count). The molecule has 4 heteroatoms. The van der Waals surface area contributed by atoms with Crippen LogP contribution in [0.1, 0.15) is 38.7 Å². The molecule has 0 aliphatic carbocycles. The van der Waals surface area contributed by atoms with Gasteiger partial charge < -0.3 is 10.5 Å². The third-order valence-electron chi connectivity index (χ3n) is 3.32. The van der Waals surface area contributed by atoms with Crippen molar-refractivity contribution in [1.82, 2.24) is 0 Å². The number of carbonyl (C=O) groups is 2. The van der Waals surface area contributed by atoms with Gasteiger partial charge in [0.2, 0.25) is 0 Å². The lowest BCUT2D eigenvalue weighted by Crippen LogP contribution is -2.33. The zero-order valence-corrected chi connectivity index (χ0v) is 11.6. The minimum Gasteiger partial charge on any atom is -0.452 e. The second-order valence-corrected chi connectivity index (χ2v) is 4.76. The fourth-order valence-electron chi connectivity index (χ4n) is 1.90. The highest BCUT2D eigenvalue weighted by Gasteiger charge is 2.29. The van der Waals surface area contributed by atoms with E-state index in [-0.39, 0.29) is 11.8 Å². The Balaban J connectivity index is 2.92. The number of ether oxygens (including phenoxy) is 1. The predicted octanol–water partition coefficient (Wildman–Crippen LogP) is 2.23. The van der Waals surface area contributed by atoms with Crippen LogP contribution in [0.2, 0.25) is 0 Å². The standard InChI is InChI=1S/C15H21NO3/c1-4-10(2)13(12-8-6-5-7-9-12)15(18)19-11(3)14(16)17/h5-11,13H,4H2,1-3H3,(H2,16,17)/t10-,11+,13+/m1/s1. The highest BCUT2D eigenvalue weighted by Crippen LogP contribution is 2.28. The molecule has 0 bridgehead atoms. The second-order valence-electron chi connectivity index (χ2n) is 4.76. The molecule has 1 amide bonds. The summed E-state index contributed by atoms with van der Waals surface area (Å²) in [4.78, 5) is 23.2. The molecule has 104 valence electrons. The summed E-state index contributed by atoms with van der Waals surface area (Å²) >= 11 is 0. The van der Waals surface area contributed by atoms with Crippen molar-refractivity contribution in [2.24, 2.45) is 11.7 Å². The predicted molar refractivity (Wildman–Crippen MR) is 73.4 cm³/mol. The molecule has 1 aromatic rings. The maximum absolute atomic E-state index is 12.2. The van der Waals surface area contributed by atoms with Gasteiger partial charge in [-0.1, -0.05) is 50.6 Å². The Morgan fingerprint density at radius 3 is 2.26 bits per heavy atom. The van der Waals surface area contributed by atoms with Crippen LogP contribution in [0.3, 0.4) is 0 Å². The molecule has 0 heterocycles. The number of primary amides is 1. The molecular weight excluding hydrogens is 242 g/mol. The number of rotatable bonds is 6. The highest BCUT2D eigenvalue weighted by atomic mass is 16.5. The Bertz CT molecular complexity index is 430. The van der Waals surface area contributed by atoms with Crippen molar-refractivity contribution < 1.29 is 14.3 Å². The zero-order valence-electron chi connectivity index (χ0n) is 11.6. The van der Waals surface area contributed by atoms with E-state index < -0.39 is 18.0 Å². The SMILES string of the molecule is CC[C@@H](C)[C@H](C(=O)O[C@@H](C)C(N)=O)c1ccccc1. The summed E-state index contributed by atoms with van der Waals surface area (Å²) in [6.07, 6.45) is -0.0534. The minimum absolute atomic E-state index is 0.134. The van der Waals surface area contributed by atoms with Crippen LogP contribution in [0.25, 0.3) is 0 Å². The van der Waals surface area contributed by atoms with Gasteiger partial charge in [0.1, 0.15) is 0 Å². The maximum atomic E-state index is 12.2. The molecule has 1 aromatic carbocycles. The van der Waals surface area contributed by atoms with E-state index in [0.717, 1.165) is 12.0 Å². The summed E-state index contributed by atoms with van der Waals surface area (Å²) < 4.78 is 5.14. The Morgan fingerprint density at radius 1 is 1.21 bits per heavy atom. The van der Waals surface area contributed by atoms with E-state index in [1.807, 2.05) is 44.2 Å².